The molecule has 0 saturated carbocycles. The maximum absolute atomic E-state index is 11.1. The third-order valence-electron chi connectivity index (χ3n) is 1.99. The quantitative estimate of drug-likeness (QED) is 0.393. The van der Waals surface area contributed by atoms with Gasteiger partial charge in [0.1, 0.15) is 0 Å². The number of carbonyl (C=O) groups excluding carboxylic acids is 1. The molecule has 0 rings (SSSR count). The third kappa shape index (κ3) is 4.92. The minimum Gasteiger partial charge on any atom is -0.463 e. The second-order valence-corrected chi connectivity index (χ2v) is 3.55. The zero-order chi connectivity index (χ0) is 11.9. The number of carbonyl (C=O) groups is 1. The average Bonchev–Trinajstić information content (AvgIpc) is 2.25. The summed E-state index contributed by atoms with van der Waals surface area (Å²) in [6.45, 7) is 6.93. The predicted octanol–water partition coefficient (Wildman–Crippen LogP) is -0.561. The van der Waals surface area contributed by atoms with Gasteiger partial charge in [-0.1, -0.05) is 6.58 Å². The summed E-state index contributed by atoms with van der Waals surface area (Å²) in [5.74, 6) is -0.469. The second kappa shape index (κ2) is 6.55. The summed E-state index contributed by atoms with van der Waals surface area (Å²) < 4.78 is 4.73. The molecule has 0 bridgehead atoms. The van der Waals surface area contributed by atoms with Gasteiger partial charge in [0.15, 0.2) is 0 Å². The molecule has 5 nitrogen and oxygen atoms in total. The summed E-state index contributed by atoms with van der Waals surface area (Å²) in [5.41, 5.74) is -0.542. The largest absolute Gasteiger partial charge is 0.463 e. The van der Waals surface area contributed by atoms with Crippen molar-refractivity contribution in [2.45, 2.75) is 19.4 Å². The van der Waals surface area contributed by atoms with Gasteiger partial charge in [0, 0.05) is 12.1 Å². The molecule has 0 aromatic heterocycles. The van der Waals surface area contributed by atoms with E-state index in [1.54, 1.807) is 13.8 Å². The normalized spacial score (nSPS) is 11.2. The van der Waals surface area contributed by atoms with Gasteiger partial charge in [0.05, 0.1) is 25.4 Å². The van der Waals surface area contributed by atoms with E-state index in [1.165, 1.54) is 0 Å². The minimum absolute atomic E-state index is 0.177. The van der Waals surface area contributed by atoms with Crippen LogP contribution in [0, 0.1) is 0 Å². The molecular weight excluding hydrogens is 198 g/mol. The summed E-state index contributed by atoms with van der Waals surface area (Å²) in [6, 6.07) is 0. The van der Waals surface area contributed by atoms with Crippen molar-refractivity contribution in [3.8, 4) is 0 Å². The molecule has 0 aliphatic carbocycles. The third-order valence-corrected chi connectivity index (χ3v) is 1.99. The van der Waals surface area contributed by atoms with Crippen LogP contribution in [0.5, 0.6) is 0 Å². The van der Waals surface area contributed by atoms with Crippen LogP contribution in [0.4, 0.5) is 0 Å². The molecule has 88 valence electrons. The molecule has 0 aromatic carbocycles. The van der Waals surface area contributed by atoms with Gasteiger partial charge in [0.25, 0.3) is 0 Å². The Morgan fingerprint density at radius 1 is 1.47 bits per heavy atom. The van der Waals surface area contributed by atoms with Crippen molar-refractivity contribution in [3.05, 3.63) is 12.2 Å². The molecular formula is C10H19NO4. The van der Waals surface area contributed by atoms with Crippen molar-refractivity contribution in [1.29, 1.82) is 0 Å². The Bertz CT molecular complexity index is 223. The number of nitrogens with one attached hydrogen (secondary N) is 1. The Labute approximate surface area is 89.7 Å². The summed E-state index contributed by atoms with van der Waals surface area (Å²) >= 11 is 0. The topological polar surface area (TPSA) is 78.8 Å². The molecule has 0 heterocycles. The second-order valence-electron chi connectivity index (χ2n) is 3.55. The van der Waals surface area contributed by atoms with E-state index in [4.69, 9.17) is 14.9 Å². The van der Waals surface area contributed by atoms with Crippen LogP contribution < -0.4 is 5.32 Å². The standard InChI is InChI=1S/C10H19NO4/c1-4-15-9(14)8(2)5-11-10(3,6-12)7-13/h11-13H,2,4-7H2,1,3H3. The molecule has 5 heteroatoms. The van der Waals surface area contributed by atoms with E-state index >= 15 is 0 Å². The average molecular weight is 217 g/mol. The van der Waals surface area contributed by atoms with Gasteiger partial charge in [-0.3, -0.25) is 0 Å². The molecule has 0 unspecified atom stereocenters. The fourth-order valence-corrected chi connectivity index (χ4v) is 0.787. The Hall–Kier alpha value is -0.910. The first-order chi connectivity index (χ1) is 6.99. The van der Waals surface area contributed by atoms with Crippen molar-refractivity contribution in [2.75, 3.05) is 26.4 Å². The number of aliphatic hydroxyl groups excluding tert-OH is 2. The Morgan fingerprint density at radius 2 is 2.00 bits per heavy atom. The molecule has 3 N–H and O–H groups in total. The number of esters is 1. The van der Waals surface area contributed by atoms with Gasteiger partial charge < -0.3 is 20.3 Å². The lowest BCUT2D eigenvalue weighted by Gasteiger charge is -2.26. The van der Waals surface area contributed by atoms with Crippen LogP contribution in [-0.2, 0) is 9.53 Å². The van der Waals surface area contributed by atoms with Gasteiger partial charge in [0.2, 0.25) is 0 Å². The van der Waals surface area contributed by atoms with Crippen LogP contribution >= 0.6 is 0 Å². The number of ether oxygens (including phenoxy) is 1. The molecule has 0 atom stereocenters. The lowest BCUT2D eigenvalue weighted by Crippen LogP contribution is -2.50. The highest BCUT2D eigenvalue weighted by Gasteiger charge is 2.22. The first-order valence-electron chi connectivity index (χ1n) is 4.80. The lowest BCUT2D eigenvalue weighted by atomic mass is 10.1. The highest BCUT2D eigenvalue weighted by molar-refractivity contribution is 5.88. The van der Waals surface area contributed by atoms with E-state index < -0.39 is 11.5 Å². The van der Waals surface area contributed by atoms with Crippen molar-refractivity contribution in [1.82, 2.24) is 5.32 Å². The van der Waals surface area contributed by atoms with Gasteiger partial charge in [-0.2, -0.15) is 0 Å². The Kier molecular flexibility index (Phi) is 6.15. The fraction of sp³-hybridized carbons (Fsp3) is 0.700. The van der Waals surface area contributed by atoms with E-state index in [2.05, 4.69) is 11.9 Å². The zero-order valence-corrected chi connectivity index (χ0v) is 9.25. The fourth-order valence-electron chi connectivity index (χ4n) is 0.787. The van der Waals surface area contributed by atoms with Crippen LogP contribution in [0.3, 0.4) is 0 Å². The smallest absolute Gasteiger partial charge is 0.334 e. The summed E-state index contributed by atoms with van der Waals surface area (Å²) in [7, 11) is 0. The van der Waals surface area contributed by atoms with Crippen LogP contribution in [0.25, 0.3) is 0 Å². The van der Waals surface area contributed by atoms with E-state index in [9.17, 15) is 4.79 Å². The van der Waals surface area contributed by atoms with Crippen LogP contribution in [0.15, 0.2) is 12.2 Å². The van der Waals surface area contributed by atoms with Crippen molar-refractivity contribution in [3.63, 3.8) is 0 Å². The van der Waals surface area contributed by atoms with Crippen LogP contribution in [0.1, 0.15) is 13.8 Å². The van der Waals surface area contributed by atoms with E-state index in [0.29, 0.717) is 6.61 Å². The molecule has 0 aliphatic heterocycles. The van der Waals surface area contributed by atoms with E-state index in [0.717, 1.165) is 0 Å². The first kappa shape index (κ1) is 14.1. The van der Waals surface area contributed by atoms with Crippen LogP contribution in [0.2, 0.25) is 0 Å². The zero-order valence-electron chi connectivity index (χ0n) is 9.25. The molecule has 0 amide bonds. The molecule has 0 fully saturated rings. The summed E-state index contributed by atoms with van der Waals surface area (Å²) in [5, 5.41) is 20.8. The Morgan fingerprint density at radius 3 is 2.40 bits per heavy atom. The molecule has 0 radical (unpaired) electrons. The molecule has 0 saturated heterocycles. The predicted molar refractivity (Wildman–Crippen MR) is 56.4 cm³/mol. The highest BCUT2D eigenvalue weighted by Crippen LogP contribution is 2.02. The molecule has 0 aliphatic rings. The number of hydrogen-bond donors (Lipinski definition) is 3. The van der Waals surface area contributed by atoms with Crippen LogP contribution in [-0.4, -0.2) is 48.1 Å². The SMILES string of the molecule is C=C(CNC(C)(CO)CO)C(=O)OCC. The van der Waals surface area contributed by atoms with E-state index in [-0.39, 0.29) is 25.3 Å². The Balaban J connectivity index is 4.04. The van der Waals surface area contributed by atoms with Gasteiger partial charge in [-0.25, -0.2) is 4.79 Å². The molecule has 15 heavy (non-hydrogen) atoms. The number of aliphatic hydroxyl groups is 2. The van der Waals surface area contributed by atoms with E-state index in [1.807, 2.05) is 0 Å². The number of rotatable bonds is 7. The van der Waals surface area contributed by atoms with Gasteiger partial charge >= 0.3 is 5.97 Å². The lowest BCUT2D eigenvalue weighted by molar-refractivity contribution is -0.138. The summed E-state index contributed by atoms with van der Waals surface area (Å²) in [4.78, 5) is 11.1. The summed E-state index contributed by atoms with van der Waals surface area (Å²) in [6.07, 6.45) is 0. The van der Waals surface area contributed by atoms with Crippen molar-refractivity contribution in [2.24, 2.45) is 0 Å². The van der Waals surface area contributed by atoms with Crippen molar-refractivity contribution >= 4 is 5.97 Å². The monoisotopic (exact) mass is 217 g/mol. The maximum Gasteiger partial charge on any atom is 0.334 e. The molecule has 0 spiro atoms. The minimum atomic E-state index is -0.810. The van der Waals surface area contributed by atoms with Gasteiger partial charge in [-0.15, -0.1) is 0 Å². The highest BCUT2D eigenvalue weighted by atomic mass is 16.5. The number of hydrogen-bond acceptors (Lipinski definition) is 5. The maximum atomic E-state index is 11.1. The first-order valence-corrected chi connectivity index (χ1v) is 4.80. The molecule has 0 aromatic rings. The van der Waals surface area contributed by atoms with Crippen molar-refractivity contribution < 1.29 is 19.7 Å². The van der Waals surface area contributed by atoms with Gasteiger partial charge in [-0.05, 0) is 13.8 Å².